The molecule has 1 aromatic heterocycles. The van der Waals surface area contributed by atoms with Crippen LogP contribution in [0.2, 0.25) is 5.02 Å². The minimum absolute atomic E-state index is 0.101. The molecule has 5 nitrogen and oxygen atoms in total. The lowest BCUT2D eigenvalue weighted by atomic mass is 10.1. The van der Waals surface area contributed by atoms with Gasteiger partial charge in [0.05, 0.1) is 5.02 Å². The Morgan fingerprint density at radius 1 is 1.50 bits per heavy atom. The second-order valence-electron chi connectivity index (χ2n) is 3.82. The Morgan fingerprint density at radius 2 is 2.20 bits per heavy atom. The molecular weight excluding hydrogens is 356 g/mol. The molecule has 0 atom stereocenters. The maximum absolute atomic E-state index is 13.8. The van der Waals surface area contributed by atoms with Gasteiger partial charge < -0.3 is 11.1 Å². The number of H-pyrrole nitrogens is 1. The van der Waals surface area contributed by atoms with E-state index in [0.29, 0.717) is 11.8 Å². The fraction of sp³-hybridized carbons (Fsp3) is 0.0909. The van der Waals surface area contributed by atoms with Crippen LogP contribution in [-0.4, -0.2) is 15.2 Å². The molecule has 0 aliphatic heterocycles. The molecule has 2 rings (SSSR count). The number of allylic oxidation sites excluding steroid dienone is 1. The van der Waals surface area contributed by atoms with E-state index in [0.717, 1.165) is 0 Å². The largest absolute Gasteiger partial charge is 0.368 e. The predicted molar refractivity (Wildman–Crippen MR) is 77.3 cm³/mol. The van der Waals surface area contributed by atoms with Crippen molar-refractivity contribution in [2.45, 2.75) is 5.92 Å². The topological polar surface area (TPSA) is 79.6 Å². The third-order valence-corrected chi connectivity index (χ3v) is 3.78. The standard InChI is InChI=1S/C11H9BrClF2N5/c1-2-11(14,15)6-3-5(4-7(13)8(6)12)17-10-18-9(16)19-20-10/h2-4H,1H2,(H4,16,17,18,19,20). The molecule has 2 aromatic rings. The van der Waals surface area contributed by atoms with Gasteiger partial charge in [-0.25, -0.2) is 5.10 Å². The van der Waals surface area contributed by atoms with Crippen molar-refractivity contribution in [1.82, 2.24) is 15.2 Å². The summed E-state index contributed by atoms with van der Waals surface area (Å²) >= 11 is 8.96. The number of halogens is 4. The summed E-state index contributed by atoms with van der Waals surface area (Å²) in [7, 11) is 0. The first kappa shape index (κ1) is 14.7. The Balaban J connectivity index is 2.43. The molecule has 0 spiro atoms. The monoisotopic (exact) mass is 363 g/mol. The molecule has 0 amide bonds. The Hall–Kier alpha value is -1.67. The molecule has 1 heterocycles. The SMILES string of the molecule is C=CC(F)(F)c1cc(Nc2n[nH]c(N)n2)cc(Cl)c1Br. The van der Waals surface area contributed by atoms with Gasteiger partial charge in [-0.2, -0.15) is 13.8 Å². The molecule has 106 valence electrons. The summed E-state index contributed by atoms with van der Waals surface area (Å²) in [5.41, 5.74) is 5.36. The Morgan fingerprint density at radius 3 is 2.75 bits per heavy atom. The minimum atomic E-state index is -3.22. The number of hydrogen-bond donors (Lipinski definition) is 3. The second kappa shape index (κ2) is 5.37. The molecule has 0 bridgehead atoms. The number of benzene rings is 1. The smallest absolute Gasteiger partial charge is 0.292 e. The van der Waals surface area contributed by atoms with Gasteiger partial charge >= 0.3 is 0 Å². The summed E-state index contributed by atoms with van der Waals surface area (Å²) in [6.45, 7) is 3.12. The normalized spacial score (nSPS) is 11.4. The highest BCUT2D eigenvalue weighted by Crippen LogP contribution is 2.40. The summed E-state index contributed by atoms with van der Waals surface area (Å²) in [5, 5.41) is 9.00. The zero-order chi connectivity index (χ0) is 14.9. The van der Waals surface area contributed by atoms with Gasteiger partial charge in [0.2, 0.25) is 11.9 Å². The average molecular weight is 365 g/mol. The van der Waals surface area contributed by atoms with Gasteiger partial charge in [-0.05, 0) is 34.1 Å². The summed E-state index contributed by atoms with van der Waals surface area (Å²) in [4.78, 5) is 3.81. The van der Waals surface area contributed by atoms with E-state index < -0.39 is 5.92 Å². The van der Waals surface area contributed by atoms with Crippen molar-refractivity contribution in [3.8, 4) is 0 Å². The van der Waals surface area contributed by atoms with Crippen molar-refractivity contribution in [3.63, 3.8) is 0 Å². The highest BCUT2D eigenvalue weighted by molar-refractivity contribution is 9.10. The number of anilines is 3. The predicted octanol–water partition coefficient (Wildman–Crippen LogP) is 3.82. The maximum atomic E-state index is 13.8. The van der Waals surface area contributed by atoms with E-state index in [2.05, 4.69) is 43.0 Å². The number of aromatic amines is 1. The van der Waals surface area contributed by atoms with Crippen molar-refractivity contribution in [3.05, 3.63) is 39.8 Å². The zero-order valence-electron chi connectivity index (χ0n) is 9.92. The van der Waals surface area contributed by atoms with E-state index in [1.807, 2.05) is 0 Å². The summed E-state index contributed by atoms with van der Waals surface area (Å²) in [5.74, 6) is -2.97. The number of nitrogen functional groups attached to an aromatic ring is 1. The molecule has 0 aliphatic carbocycles. The maximum Gasteiger partial charge on any atom is 0.292 e. The number of nitrogens with zero attached hydrogens (tertiary/aromatic N) is 2. The van der Waals surface area contributed by atoms with Gasteiger partial charge in [-0.1, -0.05) is 18.2 Å². The van der Waals surface area contributed by atoms with Gasteiger partial charge in [0.1, 0.15) is 0 Å². The fourth-order valence-electron chi connectivity index (χ4n) is 1.47. The van der Waals surface area contributed by atoms with Crippen LogP contribution >= 0.6 is 27.5 Å². The van der Waals surface area contributed by atoms with Crippen LogP contribution in [0.4, 0.5) is 26.4 Å². The number of hydrogen-bond acceptors (Lipinski definition) is 4. The number of nitrogens with one attached hydrogen (secondary N) is 2. The highest BCUT2D eigenvalue weighted by atomic mass is 79.9. The lowest BCUT2D eigenvalue weighted by Crippen LogP contribution is -2.10. The third-order valence-electron chi connectivity index (χ3n) is 2.40. The number of nitrogens with two attached hydrogens (primary N) is 1. The van der Waals surface area contributed by atoms with E-state index in [1.54, 1.807) is 0 Å². The van der Waals surface area contributed by atoms with Crippen molar-refractivity contribution in [2.24, 2.45) is 0 Å². The lowest BCUT2D eigenvalue weighted by Gasteiger charge is -2.16. The van der Waals surface area contributed by atoms with Gasteiger partial charge in [0.15, 0.2) is 0 Å². The number of rotatable bonds is 4. The second-order valence-corrected chi connectivity index (χ2v) is 5.02. The molecule has 0 unspecified atom stereocenters. The summed E-state index contributed by atoms with van der Waals surface area (Å²) in [6.07, 6.45) is 0.540. The molecule has 0 saturated heterocycles. The molecule has 0 radical (unpaired) electrons. The lowest BCUT2D eigenvalue weighted by molar-refractivity contribution is 0.0518. The van der Waals surface area contributed by atoms with Crippen LogP contribution in [0.5, 0.6) is 0 Å². The van der Waals surface area contributed by atoms with Crippen LogP contribution in [0.3, 0.4) is 0 Å². The summed E-state index contributed by atoms with van der Waals surface area (Å²) in [6, 6.07) is 2.69. The van der Waals surface area contributed by atoms with Crippen LogP contribution in [0.1, 0.15) is 5.56 Å². The highest BCUT2D eigenvalue weighted by Gasteiger charge is 2.31. The van der Waals surface area contributed by atoms with Crippen LogP contribution in [-0.2, 0) is 5.92 Å². The first-order valence-corrected chi connectivity index (χ1v) is 6.46. The molecule has 0 saturated carbocycles. The van der Waals surface area contributed by atoms with Crippen molar-refractivity contribution >= 4 is 45.1 Å². The van der Waals surface area contributed by atoms with E-state index >= 15 is 0 Å². The van der Waals surface area contributed by atoms with E-state index in [9.17, 15) is 8.78 Å². The molecule has 20 heavy (non-hydrogen) atoms. The van der Waals surface area contributed by atoms with Crippen LogP contribution in [0.25, 0.3) is 0 Å². The molecule has 4 N–H and O–H groups in total. The van der Waals surface area contributed by atoms with Crippen molar-refractivity contribution in [1.29, 1.82) is 0 Å². The minimum Gasteiger partial charge on any atom is -0.368 e. The van der Waals surface area contributed by atoms with E-state index in [4.69, 9.17) is 17.3 Å². The van der Waals surface area contributed by atoms with Gasteiger partial charge in [0, 0.05) is 15.7 Å². The van der Waals surface area contributed by atoms with Crippen molar-refractivity contribution < 1.29 is 8.78 Å². The van der Waals surface area contributed by atoms with Gasteiger partial charge in [-0.15, -0.1) is 5.10 Å². The summed E-state index contributed by atoms with van der Waals surface area (Å²) < 4.78 is 27.6. The zero-order valence-corrected chi connectivity index (χ0v) is 12.3. The molecule has 1 aromatic carbocycles. The first-order chi connectivity index (χ1) is 9.33. The molecule has 0 fully saturated rings. The molecule has 9 heteroatoms. The van der Waals surface area contributed by atoms with Crippen LogP contribution in [0, 0.1) is 0 Å². The molecular formula is C11H9BrClF2N5. The number of aromatic nitrogens is 3. The molecule has 0 aliphatic rings. The van der Waals surface area contributed by atoms with Crippen LogP contribution in [0.15, 0.2) is 29.3 Å². The first-order valence-electron chi connectivity index (χ1n) is 5.29. The Bertz CT molecular complexity index is 658. The Labute approximate surface area is 126 Å². The van der Waals surface area contributed by atoms with Crippen molar-refractivity contribution in [2.75, 3.05) is 11.1 Å². The van der Waals surface area contributed by atoms with Gasteiger partial charge in [-0.3, -0.25) is 0 Å². The fourth-order valence-corrected chi connectivity index (χ4v) is 2.19. The quantitative estimate of drug-likeness (QED) is 0.721. The Kier molecular flexibility index (Phi) is 3.96. The van der Waals surface area contributed by atoms with Gasteiger partial charge in [0.25, 0.3) is 5.92 Å². The van der Waals surface area contributed by atoms with E-state index in [1.165, 1.54) is 12.1 Å². The van der Waals surface area contributed by atoms with Crippen LogP contribution < -0.4 is 11.1 Å². The number of alkyl halides is 2. The van der Waals surface area contributed by atoms with E-state index in [-0.39, 0.29) is 27.0 Å². The average Bonchev–Trinajstić information content (AvgIpc) is 2.79. The third kappa shape index (κ3) is 2.91.